The first kappa shape index (κ1) is 14.2. The first-order valence-electron chi connectivity index (χ1n) is 4.43. The minimum atomic E-state index is -2.27. The standard InChI is InChI=1S/C6H11N3O7/c10-6(9(15)16)5(8(13)14)3-1-2-4-7(11)12/h5-6,10H,1-4H2. The van der Waals surface area contributed by atoms with E-state index in [0.29, 0.717) is 0 Å². The lowest BCUT2D eigenvalue weighted by Gasteiger charge is -2.08. The molecule has 0 fully saturated rings. The zero-order valence-electron chi connectivity index (χ0n) is 8.22. The molecule has 0 aliphatic heterocycles. The Kier molecular flexibility index (Phi) is 5.85. The van der Waals surface area contributed by atoms with Gasteiger partial charge in [0, 0.05) is 22.7 Å². The van der Waals surface area contributed by atoms with E-state index in [4.69, 9.17) is 5.11 Å². The van der Waals surface area contributed by atoms with E-state index in [2.05, 4.69) is 0 Å². The molecular weight excluding hydrogens is 226 g/mol. The van der Waals surface area contributed by atoms with Gasteiger partial charge in [-0.1, -0.05) is 0 Å². The molecule has 0 aromatic rings. The highest BCUT2D eigenvalue weighted by molar-refractivity contribution is 4.59. The third-order valence-electron chi connectivity index (χ3n) is 1.92. The predicted octanol–water partition coefficient (Wildman–Crippen LogP) is -0.326. The van der Waals surface area contributed by atoms with Gasteiger partial charge >= 0.3 is 12.3 Å². The van der Waals surface area contributed by atoms with Crippen molar-refractivity contribution in [3.8, 4) is 0 Å². The predicted molar refractivity (Wildman–Crippen MR) is 49.5 cm³/mol. The fourth-order valence-corrected chi connectivity index (χ4v) is 1.10. The molecule has 16 heavy (non-hydrogen) atoms. The maximum Gasteiger partial charge on any atom is 0.380 e. The molecular formula is C6H11N3O7. The average molecular weight is 237 g/mol. The van der Waals surface area contributed by atoms with Crippen LogP contribution in [0.5, 0.6) is 0 Å². The molecule has 1 N–H and O–H groups in total. The van der Waals surface area contributed by atoms with E-state index in [1.165, 1.54) is 0 Å². The molecule has 0 rings (SSSR count). The highest BCUT2D eigenvalue weighted by Gasteiger charge is 2.38. The molecule has 0 saturated heterocycles. The van der Waals surface area contributed by atoms with Gasteiger partial charge in [0.05, 0.1) is 4.92 Å². The van der Waals surface area contributed by atoms with Gasteiger partial charge in [0.15, 0.2) is 0 Å². The molecule has 0 amide bonds. The molecule has 0 bridgehead atoms. The van der Waals surface area contributed by atoms with Crippen LogP contribution in [0.4, 0.5) is 0 Å². The summed E-state index contributed by atoms with van der Waals surface area (Å²) in [6.07, 6.45) is -2.37. The summed E-state index contributed by atoms with van der Waals surface area (Å²) in [5.41, 5.74) is 0. The van der Waals surface area contributed by atoms with Crippen molar-refractivity contribution >= 4 is 0 Å². The Labute approximate surface area is 89.3 Å². The van der Waals surface area contributed by atoms with Gasteiger partial charge in [-0.3, -0.25) is 30.3 Å². The second-order valence-corrected chi connectivity index (χ2v) is 3.10. The minimum Gasteiger partial charge on any atom is -0.328 e. The Balaban J connectivity index is 4.10. The summed E-state index contributed by atoms with van der Waals surface area (Å²) in [7, 11) is 0. The van der Waals surface area contributed by atoms with E-state index in [9.17, 15) is 30.3 Å². The van der Waals surface area contributed by atoms with Crippen molar-refractivity contribution in [3.05, 3.63) is 30.3 Å². The summed E-state index contributed by atoms with van der Waals surface area (Å²) in [5, 5.41) is 39.3. The zero-order valence-corrected chi connectivity index (χ0v) is 8.22. The molecule has 92 valence electrons. The molecule has 0 aliphatic rings. The van der Waals surface area contributed by atoms with E-state index in [-0.39, 0.29) is 25.8 Å². The third kappa shape index (κ3) is 5.14. The molecule has 10 heteroatoms. The normalized spacial score (nSPS) is 14.1. The van der Waals surface area contributed by atoms with Crippen LogP contribution in [0.15, 0.2) is 0 Å². The summed E-state index contributed by atoms with van der Waals surface area (Å²) in [5.74, 6) is 0. The van der Waals surface area contributed by atoms with Crippen molar-refractivity contribution in [1.29, 1.82) is 0 Å². The first-order chi connectivity index (χ1) is 7.36. The number of unbranched alkanes of at least 4 members (excludes halogenated alkanes) is 1. The van der Waals surface area contributed by atoms with Crippen LogP contribution in [0.2, 0.25) is 0 Å². The molecule has 0 aromatic carbocycles. The lowest BCUT2D eigenvalue weighted by molar-refractivity contribution is -0.652. The summed E-state index contributed by atoms with van der Waals surface area (Å²) in [4.78, 5) is 27.8. The number of rotatable bonds is 8. The monoisotopic (exact) mass is 237 g/mol. The van der Waals surface area contributed by atoms with Crippen molar-refractivity contribution in [1.82, 2.24) is 0 Å². The van der Waals surface area contributed by atoms with Crippen molar-refractivity contribution in [3.63, 3.8) is 0 Å². The maximum absolute atomic E-state index is 10.4. The van der Waals surface area contributed by atoms with E-state index in [1.807, 2.05) is 0 Å². The number of hydrogen-bond acceptors (Lipinski definition) is 7. The molecule has 2 atom stereocenters. The van der Waals surface area contributed by atoms with Gasteiger partial charge in [-0.05, 0) is 6.42 Å². The summed E-state index contributed by atoms with van der Waals surface area (Å²) < 4.78 is 0. The largest absolute Gasteiger partial charge is 0.380 e. The van der Waals surface area contributed by atoms with Crippen molar-refractivity contribution in [2.45, 2.75) is 31.5 Å². The Bertz CT molecular complexity index is 281. The number of hydrogen-bond donors (Lipinski definition) is 1. The Morgan fingerprint density at radius 1 is 1.00 bits per heavy atom. The van der Waals surface area contributed by atoms with Gasteiger partial charge in [-0.15, -0.1) is 0 Å². The molecule has 0 spiro atoms. The zero-order chi connectivity index (χ0) is 12.7. The fourth-order valence-electron chi connectivity index (χ4n) is 1.10. The smallest absolute Gasteiger partial charge is 0.328 e. The van der Waals surface area contributed by atoms with Crippen LogP contribution < -0.4 is 0 Å². The number of aliphatic hydroxyl groups is 1. The molecule has 0 saturated carbocycles. The van der Waals surface area contributed by atoms with E-state index in [0.717, 1.165) is 0 Å². The van der Waals surface area contributed by atoms with Crippen LogP contribution in [0.25, 0.3) is 0 Å². The highest BCUT2D eigenvalue weighted by atomic mass is 16.7. The van der Waals surface area contributed by atoms with E-state index >= 15 is 0 Å². The molecule has 2 unspecified atom stereocenters. The SMILES string of the molecule is O=[N+]([O-])CCCCC(C(O)[N+](=O)[O-])[N+](=O)[O-]. The molecule has 10 nitrogen and oxygen atoms in total. The van der Waals surface area contributed by atoms with Crippen LogP contribution in [0.3, 0.4) is 0 Å². The lowest BCUT2D eigenvalue weighted by atomic mass is 10.1. The van der Waals surface area contributed by atoms with Crippen molar-refractivity contribution in [2.75, 3.05) is 6.54 Å². The number of aliphatic hydroxyl groups excluding tert-OH is 1. The summed E-state index contributed by atoms with van der Waals surface area (Å²) in [6, 6.07) is -1.72. The van der Waals surface area contributed by atoms with Gasteiger partial charge in [-0.25, -0.2) is 0 Å². The molecule has 0 aliphatic carbocycles. The van der Waals surface area contributed by atoms with E-state index < -0.39 is 27.0 Å². The van der Waals surface area contributed by atoms with Crippen LogP contribution in [-0.2, 0) is 0 Å². The maximum atomic E-state index is 10.4. The molecule has 0 heterocycles. The second-order valence-electron chi connectivity index (χ2n) is 3.10. The highest BCUT2D eigenvalue weighted by Crippen LogP contribution is 2.09. The third-order valence-corrected chi connectivity index (χ3v) is 1.92. The van der Waals surface area contributed by atoms with Crippen LogP contribution in [0, 0.1) is 30.3 Å². The Hall–Kier alpha value is -1.84. The van der Waals surface area contributed by atoms with E-state index in [1.54, 1.807) is 0 Å². The van der Waals surface area contributed by atoms with Gasteiger partial charge in [-0.2, -0.15) is 0 Å². The van der Waals surface area contributed by atoms with Gasteiger partial charge < -0.3 is 5.11 Å². The number of nitro groups is 3. The average Bonchev–Trinajstić information content (AvgIpc) is 2.15. The van der Waals surface area contributed by atoms with Crippen molar-refractivity contribution < 1.29 is 19.9 Å². The lowest BCUT2D eigenvalue weighted by Crippen LogP contribution is -2.39. The first-order valence-corrected chi connectivity index (χ1v) is 4.43. The second kappa shape index (κ2) is 6.61. The quantitative estimate of drug-likeness (QED) is 0.263. The Morgan fingerprint density at radius 3 is 1.94 bits per heavy atom. The summed E-state index contributed by atoms with van der Waals surface area (Å²) in [6.45, 7) is -0.348. The van der Waals surface area contributed by atoms with Gasteiger partial charge in [0.1, 0.15) is 0 Å². The Morgan fingerprint density at radius 2 is 1.56 bits per heavy atom. The number of nitrogens with zero attached hydrogens (tertiary/aromatic N) is 3. The van der Waals surface area contributed by atoms with Gasteiger partial charge in [0.25, 0.3) is 0 Å². The van der Waals surface area contributed by atoms with Crippen molar-refractivity contribution in [2.24, 2.45) is 0 Å². The van der Waals surface area contributed by atoms with Crippen LogP contribution in [0.1, 0.15) is 19.3 Å². The topological polar surface area (TPSA) is 150 Å². The van der Waals surface area contributed by atoms with Crippen LogP contribution >= 0.6 is 0 Å². The van der Waals surface area contributed by atoms with Gasteiger partial charge in [0.2, 0.25) is 6.54 Å². The van der Waals surface area contributed by atoms with Crippen LogP contribution in [-0.4, -0.2) is 38.7 Å². The molecule has 0 radical (unpaired) electrons. The molecule has 0 aromatic heterocycles. The fraction of sp³-hybridized carbons (Fsp3) is 1.00. The minimum absolute atomic E-state index is 0.0809. The summed E-state index contributed by atoms with van der Waals surface area (Å²) >= 11 is 0.